The van der Waals surface area contributed by atoms with Gasteiger partial charge in [0.25, 0.3) is 5.95 Å². The molecule has 0 radical (unpaired) electrons. The Hall–Kier alpha value is -3.71. The fourth-order valence-corrected chi connectivity index (χ4v) is 2.92. The minimum atomic E-state index is -0.129. The van der Waals surface area contributed by atoms with Gasteiger partial charge in [-0.3, -0.25) is 4.79 Å². The van der Waals surface area contributed by atoms with E-state index in [9.17, 15) is 4.79 Å². The molecule has 0 unspecified atom stereocenters. The van der Waals surface area contributed by atoms with E-state index in [1.165, 1.54) is 6.26 Å². The zero-order valence-electron chi connectivity index (χ0n) is 15.5. The van der Waals surface area contributed by atoms with E-state index in [4.69, 9.17) is 15.9 Å². The molecule has 0 bridgehead atoms. The van der Waals surface area contributed by atoms with Crippen LogP contribution in [0.5, 0.6) is 0 Å². The van der Waals surface area contributed by atoms with Crippen molar-refractivity contribution >= 4 is 58.3 Å². The van der Waals surface area contributed by atoms with E-state index in [1.807, 2.05) is 43.3 Å². The van der Waals surface area contributed by atoms with Crippen LogP contribution in [0.1, 0.15) is 16.8 Å². The zero-order chi connectivity index (χ0) is 19.7. The first-order chi connectivity index (χ1) is 13.5. The summed E-state index contributed by atoms with van der Waals surface area (Å²) in [6.07, 6.45) is 4.84. The summed E-state index contributed by atoms with van der Waals surface area (Å²) < 4.78 is 5.59. The van der Waals surface area contributed by atoms with Gasteiger partial charge in [0.2, 0.25) is 0 Å². The van der Waals surface area contributed by atoms with Crippen LogP contribution in [0.4, 0.5) is 5.95 Å². The number of nitrogens with zero attached hydrogens (tertiary/aromatic N) is 3. The number of nitrogens with two attached hydrogens (primary N) is 2. The SMILES string of the molecule is Cc1ccc2occ(/C=C/c3nc(N=C(N)N)nc4ccccc34)c(=O)c2c1.Cl. The summed E-state index contributed by atoms with van der Waals surface area (Å²) in [7, 11) is 0. The Morgan fingerprint density at radius 3 is 2.66 bits per heavy atom. The lowest BCUT2D eigenvalue weighted by Gasteiger charge is -2.03. The van der Waals surface area contributed by atoms with Crippen LogP contribution in [-0.4, -0.2) is 15.9 Å². The number of guanidine groups is 1. The Morgan fingerprint density at radius 2 is 1.86 bits per heavy atom. The fraction of sp³-hybridized carbons (Fsp3) is 0.0476. The summed E-state index contributed by atoms with van der Waals surface area (Å²) in [5, 5.41) is 1.35. The molecule has 29 heavy (non-hydrogen) atoms. The molecule has 0 aliphatic heterocycles. The van der Waals surface area contributed by atoms with E-state index in [0.717, 1.165) is 10.9 Å². The molecule has 4 aromatic rings. The average Bonchev–Trinajstić information content (AvgIpc) is 2.67. The van der Waals surface area contributed by atoms with Crippen LogP contribution < -0.4 is 16.9 Å². The largest absolute Gasteiger partial charge is 0.463 e. The van der Waals surface area contributed by atoms with E-state index in [-0.39, 0.29) is 29.7 Å². The standard InChI is InChI=1S/C21H17N5O2.ClH/c1-12-6-9-18-15(10-12)19(27)13(11-28-18)7-8-17-14-4-2-3-5-16(14)24-21(25-17)26-20(22)23;/h2-11H,1H3,(H4,22,23,24,25,26);1H/b8-7+;. The molecule has 7 nitrogen and oxygen atoms in total. The van der Waals surface area contributed by atoms with Crippen molar-refractivity contribution in [2.75, 3.05) is 0 Å². The van der Waals surface area contributed by atoms with Gasteiger partial charge in [0.15, 0.2) is 11.4 Å². The second-order valence-corrected chi connectivity index (χ2v) is 6.32. The number of hydrogen-bond acceptors (Lipinski definition) is 5. The quantitative estimate of drug-likeness (QED) is 0.395. The predicted octanol–water partition coefficient (Wildman–Crippen LogP) is 3.54. The summed E-state index contributed by atoms with van der Waals surface area (Å²) in [6.45, 7) is 1.93. The Labute approximate surface area is 172 Å². The molecule has 2 aromatic carbocycles. The molecule has 0 aliphatic carbocycles. The molecule has 146 valence electrons. The fourth-order valence-electron chi connectivity index (χ4n) is 2.92. The first kappa shape index (κ1) is 20.0. The van der Waals surface area contributed by atoms with Gasteiger partial charge in [0.1, 0.15) is 11.8 Å². The minimum Gasteiger partial charge on any atom is -0.463 e. The normalized spacial score (nSPS) is 10.9. The highest BCUT2D eigenvalue weighted by molar-refractivity contribution is 5.90. The topological polar surface area (TPSA) is 120 Å². The number of aromatic nitrogens is 2. The molecular weight excluding hydrogens is 390 g/mol. The number of rotatable bonds is 3. The number of halogens is 1. The second kappa shape index (κ2) is 8.12. The molecule has 0 atom stereocenters. The van der Waals surface area contributed by atoms with Crippen molar-refractivity contribution in [1.82, 2.24) is 9.97 Å². The monoisotopic (exact) mass is 407 g/mol. The van der Waals surface area contributed by atoms with Gasteiger partial charge in [0, 0.05) is 5.39 Å². The molecular formula is C21H18ClN5O2. The molecule has 0 fully saturated rings. The molecule has 0 saturated heterocycles. The summed E-state index contributed by atoms with van der Waals surface area (Å²) in [5.74, 6) is 0.0234. The lowest BCUT2D eigenvalue weighted by atomic mass is 10.1. The van der Waals surface area contributed by atoms with Gasteiger partial charge in [0.05, 0.1) is 22.2 Å². The smallest absolute Gasteiger partial charge is 0.253 e. The van der Waals surface area contributed by atoms with Gasteiger partial charge >= 0.3 is 0 Å². The third kappa shape index (κ3) is 4.09. The Morgan fingerprint density at radius 1 is 1.07 bits per heavy atom. The van der Waals surface area contributed by atoms with Crippen molar-refractivity contribution in [3.05, 3.63) is 75.8 Å². The maximum Gasteiger partial charge on any atom is 0.253 e. The maximum absolute atomic E-state index is 12.8. The van der Waals surface area contributed by atoms with Crippen molar-refractivity contribution in [3.8, 4) is 0 Å². The number of benzene rings is 2. The summed E-state index contributed by atoms with van der Waals surface area (Å²) in [4.78, 5) is 25.4. The van der Waals surface area contributed by atoms with Gasteiger partial charge in [-0.15, -0.1) is 12.4 Å². The molecule has 0 spiro atoms. The first-order valence-electron chi connectivity index (χ1n) is 8.58. The lowest BCUT2D eigenvalue weighted by molar-refractivity contribution is 0.601. The van der Waals surface area contributed by atoms with Gasteiger partial charge < -0.3 is 15.9 Å². The highest BCUT2D eigenvalue weighted by Crippen LogP contribution is 2.21. The number of aliphatic imine (C=N–C) groups is 1. The number of para-hydroxylation sites is 1. The van der Waals surface area contributed by atoms with Crippen LogP contribution in [0.25, 0.3) is 34.0 Å². The van der Waals surface area contributed by atoms with Gasteiger partial charge in [-0.25, -0.2) is 9.97 Å². The highest BCUT2D eigenvalue weighted by atomic mass is 35.5. The molecule has 4 N–H and O–H groups in total. The minimum absolute atomic E-state index is 0. The predicted molar refractivity (Wildman–Crippen MR) is 118 cm³/mol. The van der Waals surface area contributed by atoms with Crippen molar-refractivity contribution < 1.29 is 4.42 Å². The summed E-state index contributed by atoms with van der Waals surface area (Å²) in [6, 6.07) is 13.0. The average molecular weight is 408 g/mol. The van der Waals surface area contributed by atoms with E-state index >= 15 is 0 Å². The maximum atomic E-state index is 12.8. The van der Waals surface area contributed by atoms with E-state index in [2.05, 4.69) is 15.0 Å². The molecule has 2 aromatic heterocycles. The Bertz CT molecular complexity index is 1320. The van der Waals surface area contributed by atoms with Crippen LogP contribution in [-0.2, 0) is 0 Å². The zero-order valence-corrected chi connectivity index (χ0v) is 16.3. The summed E-state index contributed by atoms with van der Waals surface area (Å²) >= 11 is 0. The summed E-state index contributed by atoms with van der Waals surface area (Å²) in [5.41, 5.74) is 14.0. The Kier molecular flexibility index (Phi) is 5.61. The van der Waals surface area contributed by atoms with Crippen molar-refractivity contribution in [2.24, 2.45) is 16.5 Å². The third-order valence-electron chi connectivity index (χ3n) is 4.23. The number of hydrogen-bond donors (Lipinski definition) is 2. The molecule has 2 heterocycles. The Balaban J connectivity index is 0.00000240. The van der Waals surface area contributed by atoms with Crippen molar-refractivity contribution in [1.29, 1.82) is 0 Å². The van der Waals surface area contributed by atoms with Crippen LogP contribution in [0.15, 0.2) is 62.9 Å². The molecule has 8 heteroatoms. The van der Waals surface area contributed by atoms with Crippen molar-refractivity contribution in [2.45, 2.75) is 6.92 Å². The lowest BCUT2D eigenvalue weighted by Crippen LogP contribution is -2.22. The van der Waals surface area contributed by atoms with E-state index < -0.39 is 0 Å². The van der Waals surface area contributed by atoms with Gasteiger partial charge in [-0.05, 0) is 37.3 Å². The van der Waals surface area contributed by atoms with Gasteiger partial charge in [-0.1, -0.05) is 29.8 Å². The second-order valence-electron chi connectivity index (χ2n) is 6.32. The van der Waals surface area contributed by atoms with E-state index in [1.54, 1.807) is 18.2 Å². The highest BCUT2D eigenvalue weighted by Gasteiger charge is 2.08. The van der Waals surface area contributed by atoms with Crippen LogP contribution in [0, 0.1) is 6.92 Å². The molecule has 4 rings (SSSR count). The first-order valence-corrected chi connectivity index (χ1v) is 8.58. The van der Waals surface area contributed by atoms with Crippen LogP contribution >= 0.6 is 12.4 Å². The molecule has 0 amide bonds. The van der Waals surface area contributed by atoms with E-state index in [0.29, 0.717) is 27.7 Å². The van der Waals surface area contributed by atoms with Crippen LogP contribution in [0.2, 0.25) is 0 Å². The third-order valence-corrected chi connectivity index (χ3v) is 4.23. The van der Waals surface area contributed by atoms with Gasteiger partial charge in [-0.2, -0.15) is 4.99 Å². The number of fused-ring (bicyclic) bond motifs is 2. The van der Waals surface area contributed by atoms with Crippen molar-refractivity contribution in [3.63, 3.8) is 0 Å². The van der Waals surface area contributed by atoms with Crippen LogP contribution in [0.3, 0.4) is 0 Å². The molecule has 0 saturated carbocycles. The number of aryl methyl sites for hydroxylation is 1. The molecule has 0 aliphatic rings.